The van der Waals surface area contributed by atoms with Crippen molar-refractivity contribution in [2.24, 2.45) is 0 Å². The molecule has 0 atom stereocenters. The molecule has 4 nitrogen and oxygen atoms in total. The number of carbonyl (C=O) groups is 2. The summed E-state index contributed by atoms with van der Waals surface area (Å²) in [5.74, 6) is -0.992. The molecule has 0 aliphatic rings. The maximum atomic E-state index is 10.5. The summed E-state index contributed by atoms with van der Waals surface area (Å²) in [5, 5.41) is 7.42. The molecule has 0 spiro atoms. The van der Waals surface area contributed by atoms with Crippen LogP contribution in [-0.2, 0) is 14.3 Å². The van der Waals surface area contributed by atoms with Crippen molar-refractivity contribution in [1.82, 2.24) is 0 Å². The van der Waals surface area contributed by atoms with Crippen LogP contribution in [0.25, 0.3) is 0 Å². The number of aliphatic carboxylic acids is 1. The van der Waals surface area contributed by atoms with Crippen LogP contribution in [0, 0.1) is 0 Å². The van der Waals surface area contributed by atoms with Crippen molar-refractivity contribution < 1.29 is 19.4 Å². The van der Waals surface area contributed by atoms with Gasteiger partial charge in [-0.3, -0.25) is 9.59 Å². The lowest BCUT2D eigenvalue weighted by Gasteiger charge is -2.03. The van der Waals surface area contributed by atoms with Crippen molar-refractivity contribution in [3.63, 3.8) is 0 Å². The third-order valence-corrected chi connectivity index (χ3v) is 3.22. The van der Waals surface area contributed by atoms with Crippen LogP contribution < -0.4 is 0 Å². The Morgan fingerprint density at radius 2 is 1.26 bits per heavy atom. The maximum absolute atomic E-state index is 10.5. The van der Waals surface area contributed by atoms with Gasteiger partial charge in [0.25, 0.3) is 5.97 Å². The fourth-order valence-corrected chi connectivity index (χ4v) is 2.10. The second-order valence-electron chi connectivity index (χ2n) is 5.71. The normalized spacial score (nSPS) is 10.2. The molecule has 0 fully saturated rings. The zero-order chi connectivity index (χ0) is 17.8. The molecule has 0 saturated carbocycles. The highest BCUT2D eigenvalue weighted by atomic mass is 16.5. The van der Waals surface area contributed by atoms with Crippen molar-refractivity contribution in [2.45, 2.75) is 91.4 Å². The molecule has 0 radical (unpaired) electrons. The minimum absolute atomic E-state index is 0.159. The number of hydrogen-bond acceptors (Lipinski definition) is 3. The van der Waals surface area contributed by atoms with Crippen LogP contribution in [0.1, 0.15) is 91.4 Å². The first kappa shape index (κ1) is 23.9. The molecule has 0 aliphatic heterocycles. The molecule has 0 rings (SSSR count). The lowest BCUT2D eigenvalue weighted by Crippen LogP contribution is -2.00. The Morgan fingerprint density at radius 1 is 0.826 bits per heavy atom. The average molecular weight is 328 g/mol. The van der Waals surface area contributed by atoms with E-state index in [9.17, 15) is 4.79 Å². The summed E-state index contributed by atoms with van der Waals surface area (Å²) in [6, 6.07) is 0. The fraction of sp³-hybridized carbons (Fsp3) is 0.789. The van der Waals surface area contributed by atoms with Crippen molar-refractivity contribution in [3.8, 4) is 0 Å². The smallest absolute Gasteiger partial charge is 0.302 e. The van der Waals surface area contributed by atoms with Gasteiger partial charge in [0.1, 0.15) is 0 Å². The summed E-state index contributed by atoms with van der Waals surface area (Å²) in [6.45, 7) is 5.33. The lowest BCUT2D eigenvalue weighted by molar-refractivity contribution is -0.141. The monoisotopic (exact) mass is 328 g/mol. The number of rotatable bonds is 13. The van der Waals surface area contributed by atoms with Crippen LogP contribution in [0.3, 0.4) is 0 Å². The Balaban J connectivity index is 0. The number of unbranched alkanes of at least 4 members (excludes halogenated alkanes) is 9. The molecule has 0 amide bonds. The Kier molecular flexibility index (Phi) is 21.5. The van der Waals surface area contributed by atoms with Gasteiger partial charge in [-0.15, -0.1) is 0 Å². The van der Waals surface area contributed by atoms with E-state index in [0.29, 0.717) is 6.61 Å². The number of ether oxygens (including phenoxy) is 1. The second-order valence-corrected chi connectivity index (χ2v) is 5.71. The van der Waals surface area contributed by atoms with Crippen LogP contribution in [0.5, 0.6) is 0 Å². The highest BCUT2D eigenvalue weighted by Gasteiger charge is 1.94. The van der Waals surface area contributed by atoms with Gasteiger partial charge in [0.05, 0.1) is 6.61 Å². The molecule has 1 N–H and O–H groups in total. The molecule has 0 bridgehead atoms. The summed E-state index contributed by atoms with van der Waals surface area (Å²) in [4.78, 5) is 19.5. The van der Waals surface area contributed by atoms with Gasteiger partial charge in [-0.05, 0) is 25.7 Å². The number of carboxylic acids is 1. The molecule has 23 heavy (non-hydrogen) atoms. The summed E-state index contributed by atoms with van der Waals surface area (Å²) >= 11 is 0. The van der Waals surface area contributed by atoms with Crippen LogP contribution in [0.4, 0.5) is 0 Å². The molecule has 0 heterocycles. The van der Waals surface area contributed by atoms with E-state index in [1.54, 1.807) is 0 Å². The molecule has 0 aliphatic carbocycles. The molecule has 0 aromatic carbocycles. The molecular formula is C19H36O4. The van der Waals surface area contributed by atoms with E-state index in [0.717, 1.165) is 19.8 Å². The SMILES string of the molecule is CC(=O)O.CC/C=C/CCCCCCCCCCCOC(C)=O. The zero-order valence-corrected chi connectivity index (χ0v) is 15.3. The van der Waals surface area contributed by atoms with Gasteiger partial charge >= 0.3 is 5.97 Å². The van der Waals surface area contributed by atoms with Crippen LogP contribution >= 0.6 is 0 Å². The Morgan fingerprint density at radius 3 is 1.70 bits per heavy atom. The lowest BCUT2D eigenvalue weighted by atomic mass is 10.1. The Labute approximate surface area is 142 Å². The fourth-order valence-electron chi connectivity index (χ4n) is 2.10. The first-order chi connectivity index (χ1) is 11.0. The van der Waals surface area contributed by atoms with E-state index in [4.69, 9.17) is 14.6 Å². The summed E-state index contributed by atoms with van der Waals surface area (Å²) < 4.78 is 4.90. The molecule has 0 aromatic rings. The Hall–Kier alpha value is -1.32. The number of allylic oxidation sites excluding steroid dienone is 2. The topological polar surface area (TPSA) is 63.6 Å². The van der Waals surface area contributed by atoms with Crippen LogP contribution in [-0.4, -0.2) is 23.7 Å². The predicted octanol–water partition coefficient (Wildman–Crippen LogP) is 5.51. The second kappa shape index (κ2) is 20.7. The van der Waals surface area contributed by atoms with E-state index in [2.05, 4.69) is 19.1 Å². The van der Waals surface area contributed by atoms with Gasteiger partial charge in [-0.1, -0.05) is 64.0 Å². The van der Waals surface area contributed by atoms with E-state index in [1.165, 1.54) is 64.7 Å². The quantitative estimate of drug-likeness (QED) is 0.275. The highest BCUT2D eigenvalue weighted by Crippen LogP contribution is 2.10. The largest absolute Gasteiger partial charge is 0.481 e. The van der Waals surface area contributed by atoms with Crippen molar-refractivity contribution >= 4 is 11.9 Å². The average Bonchev–Trinajstić information content (AvgIpc) is 2.47. The van der Waals surface area contributed by atoms with E-state index >= 15 is 0 Å². The minimum Gasteiger partial charge on any atom is -0.481 e. The number of esters is 1. The molecule has 136 valence electrons. The summed E-state index contributed by atoms with van der Waals surface area (Å²) in [7, 11) is 0. The first-order valence-electron chi connectivity index (χ1n) is 8.98. The predicted molar refractivity (Wildman–Crippen MR) is 95.5 cm³/mol. The van der Waals surface area contributed by atoms with Gasteiger partial charge in [-0.2, -0.15) is 0 Å². The first-order valence-corrected chi connectivity index (χ1v) is 8.98. The van der Waals surface area contributed by atoms with Gasteiger partial charge < -0.3 is 9.84 Å². The van der Waals surface area contributed by atoms with Gasteiger partial charge in [0.15, 0.2) is 0 Å². The standard InChI is InChI=1S/C17H32O2.C2H4O2/c1-3-4-5-6-7-8-9-10-11-12-13-14-15-16-19-17(2)18;1-2(3)4/h4-5H,3,6-16H2,1-2H3;1H3,(H,3,4)/b5-4+;. The van der Waals surface area contributed by atoms with Crippen LogP contribution in [0.2, 0.25) is 0 Å². The maximum Gasteiger partial charge on any atom is 0.302 e. The van der Waals surface area contributed by atoms with Crippen molar-refractivity contribution in [2.75, 3.05) is 6.61 Å². The summed E-state index contributed by atoms with van der Waals surface area (Å²) in [6.07, 6.45) is 18.6. The van der Waals surface area contributed by atoms with Crippen LogP contribution in [0.15, 0.2) is 12.2 Å². The molecular weight excluding hydrogens is 292 g/mol. The van der Waals surface area contributed by atoms with Gasteiger partial charge in [-0.25, -0.2) is 0 Å². The highest BCUT2D eigenvalue weighted by molar-refractivity contribution is 5.65. The molecule has 0 saturated heterocycles. The van der Waals surface area contributed by atoms with Crippen molar-refractivity contribution in [3.05, 3.63) is 12.2 Å². The molecule has 4 heteroatoms. The minimum atomic E-state index is -0.833. The molecule has 0 aromatic heterocycles. The van der Waals surface area contributed by atoms with Gasteiger partial charge in [0, 0.05) is 13.8 Å². The van der Waals surface area contributed by atoms with E-state index in [1.807, 2.05) is 0 Å². The molecule has 0 unspecified atom stereocenters. The van der Waals surface area contributed by atoms with E-state index in [-0.39, 0.29) is 5.97 Å². The number of hydrogen-bond donors (Lipinski definition) is 1. The van der Waals surface area contributed by atoms with Crippen molar-refractivity contribution in [1.29, 1.82) is 0 Å². The zero-order valence-electron chi connectivity index (χ0n) is 15.3. The third kappa shape index (κ3) is 33.5. The van der Waals surface area contributed by atoms with E-state index < -0.39 is 5.97 Å². The third-order valence-electron chi connectivity index (χ3n) is 3.22. The summed E-state index contributed by atoms with van der Waals surface area (Å²) in [5.41, 5.74) is 0. The van der Waals surface area contributed by atoms with Gasteiger partial charge in [0.2, 0.25) is 0 Å². The number of carbonyl (C=O) groups excluding carboxylic acids is 1. The number of carboxylic acid groups (broad SMARTS) is 1. The Bertz CT molecular complexity index is 294.